The summed E-state index contributed by atoms with van der Waals surface area (Å²) in [5.41, 5.74) is 5.29. The van der Waals surface area contributed by atoms with Crippen molar-refractivity contribution in [1.82, 2.24) is 9.80 Å². The number of amides is 2. The van der Waals surface area contributed by atoms with Crippen LogP contribution in [0.25, 0.3) is 0 Å². The number of hydrogen-bond donors (Lipinski definition) is 1. The molecule has 1 aliphatic heterocycles. The lowest BCUT2D eigenvalue weighted by atomic mass is 10.3. The van der Waals surface area contributed by atoms with Crippen molar-refractivity contribution in [3.8, 4) is 0 Å². The van der Waals surface area contributed by atoms with Gasteiger partial charge >= 0.3 is 0 Å². The van der Waals surface area contributed by atoms with Gasteiger partial charge in [0.1, 0.15) is 0 Å². The highest BCUT2D eigenvalue weighted by Crippen LogP contribution is 2.03. The first-order chi connectivity index (χ1) is 6.19. The van der Waals surface area contributed by atoms with Crippen LogP contribution in [0, 0.1) is 0 Å². The van der Waals surface area contributed by atoms with Crippen LogP contribution < -0.4 is 5.73 Å². The van der Waals surface area contributed by atoms with Gasteiger partial charge in [0.05, 0.1) is 13.1 Å². The Morgan fingerprint density at radius 1 is 1.31 bits per heavy atom. The molecule has 0 aromatic rings. The third-order valence-electron chi connectivity index (χ3n) is 2.12. The molecule has 74 valence electrons. The molecule has 0 aliphatic carbocycles. The third kappa shape index (κ3) is 2.26. The van der Waals surface area contributed by atoms with Crippen LogP contribution in [-0.2, 0) is 9.59 Å². The van der Waals surface area contributed by atoms with E-state index in [2.05, 4.69) is 0 Å². The molecule has 0 spiro atoms. The molecule has 5 nitrogen and oxygen atoms in total. The minimum atomic E-state index is -0.136. The molecular weight excluding hydrogens is 170 g/mol. The molecule has 1 aliphatic rings. The number of carbonyl (C=O) groups is 2. The molecule has 0 saturated carbocycles. The number of piperazine rings is 1. The molecule has 1 heterocycles. The van der Waals surface area contributed by atoms with Crippen LogP contribution >= 0.6 is 0 Å². The summed E-state index contributed by atoms with van der Waals surface area (Å²) in [7, 11) is 0. The fourth-order valence-corrected chi connectivity index (χ4v) is 1.35. The predicted octanol–water partition coefficient (Wildman–Crippen LogP) is -1.36. The van der Waals surface area contributed by atoms with Gasteiger partial charge in [-0.25, -0.2) is 0 Å². The van der Waals surface area contributed by atoms with E-state index in [0.717, 1.165) is 6.54 Å². The SMILES string of the molecule is CCN1CC(=O)N(CCN)C(=O)C1. The fourth-order valence-electron chi connectivity index (χ4n) is 1.35. The van der Waals surface area contributed by atoms with Gasteiger partial charge in [-0.2, -0.15) is 0 Å². The van der Waals surface area contributed by atoms with Gasteiger partial charge in [-0.3, -0.25) is 19.4 Å². The van der Waals surface area contributed by atoms with Crippen LogP contribution in [0.15, 0.2) is 0 Å². The Morgan fingerprint density at radius 2 is 1.85 bits per heavy atom. The summed E-state index contributed by atoms with van der Waals surface area (Å²) in [6, 6.07) is 0. The lowest BCUT2D eigenvalue weighted by molar-refractivity contribution is -0.150. The van der Waals surface area contributed by atoms with Crippen LogP contribution in [0.1, 0.15) is 6.92 Å². The van der Waals surface area contributed by atoms with Crippen molar-refractivity contribution in [3.05, 3.63) is 0 Å². The molecule has 13 heavy (non-hydrogen) atoms. The van der Waals surface area contributed by atoms with E-state index < -0.39 is 0 Å². The molecular formula is C8H15N3O2. The molecule has 0 bridgehead atoms. The van der Waals surface area contributed by atoms with E-state index in [-0.39, 0.29) is 11.8 Å². The summed E-state index contributed by atoms with van der Waals surface area (Å²) in [6.07, 6.45) is 0. The summed E-state index contributed by atoms with van der Waals surface area (Å²) >= 11 is 0. The summed E-state index contributed by atoms with van der Waals surface area (Å²) in [6.45, 7) is 4.01. The second kappa shape index (κ2) is 4.34. The number of nitrogens with zero attached hydrogens (tertiary/aromatic N) is 2. The highest BCUT2D eigenvalue weighted by molar-refractivity contribution is 5.99. The second-order valence-corrected chi connectivity index (χ2v) is 3.03. The molecule has 0 radical (unpaired) electrons. The monoisotopic (exact) mass is 185 g/mol. The fraction of sp³-hybridized carbons (Fsp3) is 0.750. The minimum Gasteiger partial charge on any atom is -0.329 e. The Labute approximate surface area is 77.5 Å². The number of rotatable bonds is 3. The molecule has 1 fully saturated rings. The van der Waals surface area contributed by atoms with Gasteiger partial charge in [-0.1, -0.05) is 6.92 Å². The van der Waals surface area contributed by atoms with E-state index in [1.54, 1.807) is 0 Å². The highest BCUT2D eigenvalue weighted by Gasteiger charge is 2.29. The van der Waals surface area contributed by atoms with Crippen LogP contribution in [0.5, 0.6) is 0 Å². The normalized spacial score (nSPS) is 19.7. The third-order valence-corrected chi connectivity index (χ3v) is 2.12. The first-order valence-electron chi connectivity index (χ1n) is 4.44. The van der Waals surface area contributed by atoms with E-state index in [1.807, 2.05) is 11.8 Å². The van der Waals surface area contributed by atoms with Crippen molar-refractivity contribution in [3.63, 3.8) is 0 Å². The topological polar surface area (TPSA) is 66.6 Å². The largest absolute Gasteiger partial charge is 0.329 e. The average Bonchev–Trinajstić information content (AvgIpc) is 2.11. The molecule has 0 unspecified atom stereocenters. The predicted molar refractivity (Wildman–Crippen MR) is 47.9 cm³/mol. The first kappa shape index (κ1) is 10.1. The number of carbonyl (C=O) groups excluding carboxylic acids is 2. The Bertz CT molecular complexity index is 199. The smallest absolute Gasteiger partial charge is 0.243 e. The average molecular weight is 185 g/mol. The Morgan fingerprint density at radius 3 is 2.23 bits per heavy atom. The molecule has 1 saturated heterocycles. The standard InChI is InChI=1S/C8H15N3O2/c1-2-10-5-7(12)11(4-3-9)8(13)6-10/h2-6,9H2,1H3. The maximum Gasteiger partial charge on any atom is 0.243 e. The molecule has 0 aromatic heterocycles. The van der Waals surface area contributed by atoms with E-state index >= 15 is 0 Å². The number of nitrogens with two attached hydrogens (primary N) is 1. The molecule has 2 N–H and O–H groups in total. The van der Waals surface area contributed by atoms with Crippen molar-refractivity contribution >= 4 is 11.8 Å². The lowest BCUT2D eigenvalue weighted by Gasteiger charge is -2.31. The van der Waals surface area contributed by atoms with Crippen molar-refractivity contribution in [1.29, 1.82) is 0 Å². The molecule has 0 atom stereocenters. The zero-order chi connectivity index (χ0) is 9.84. The van der Waals surface area contributed by atoms with Crippen LogP contribution in [-0.4, -0.2) is 54.3 Å². The number of likely N-dealkylation sites (N-methyl/N-ethyl adjacent to an activating group) is 1. The van der Waals surface area contributed by atoms with Gasteiger partial charge in [0, 0.05) is 13.1 Å². The molecule has 2 amide bonds. The Hall–Kier alpha value is -0.940. The maximum atomic E-state index is 11.4. The van der Waals surface area contributed by atoms with Crippen molar-refractivity contribution in [2.24, 2.45) is 5.73 Å². The summed E-state index contributed by atoms with van der Waals surface area (Å²) in [5, 5.41) is 0. The van der Waals surface area contributed by atoms with Crippen molar-refractivity contribution < 1.29 is 9.59 Å². The lowest BCUT2D eigenvalue weighted by Crippen LogP contribution is -2.54. The zero-order valence-corrected chi connectivity index (χ0v) is 7.82. The summed E-state index contributed by atoms with van der Waals surface area (Å²) < 4.78 is 0. The molecule has 1 rings (SSSR count). The highest BCUT2D eigenvalue weighted by atomic mass is 16.2. The van der Waals surface area contributed by atoms with E-state index in [9.17, 15) is 9.59 Å². The van der Waals surface area contributed by atoms with Crippen LogP contribution in [0.3, 0.4) is 0 Å². The number of imide groups is 1. The Balaban J connectivity index is 2.59. The van der Waals surface area contributed by atoms with Gasteiger partial charge in [-0.15, -0.1) is 0 Å². The van der Waals surface area contributed by atoms with Crippen LogP contribution in [0.4, 0.5) is 0 Å². The summed E-state index contributed by atoms with van der Waals surface area (Å²) in [5.74, 6) is -0.271. The van der Waals surface area contributed by atoms with Gasteiger partial charge in [0.25, 0.3) is 0 Å². The number of hydrogen-bond acceptors (Lipinski definition) is 4. The first-order valence-corrected chi connectivity index (χ1v) is 4.44. The molecule has 0 aromatic carbocycles. The zero-order valence-electron chi connectivity index (χ0n) is 7.82. The quantitative estimate of drug-likeness (QED) is 0.551. The van der Waals surface area contributed by atoms with E-state index in [1.165, 1.54) is 4.90 Å². The van der Waals surface area contributed by atoms with E-state index in [0.29, 0.717) is 26.2 Å². The van der Waals surface area contributed by atoms with Gasteiger partial charge in [-0.05, 0) is 6.54 Å². The van der Waals surface area contributed by atoms with Crippen molar-refractivity contribution in [2.75, 3.05) is 32.7 Å². The van der Waals surface area contributed by atoms with Gasteiger partial charge < -0.3 is 5.73 Å². The second-order valence-electron chi connectivity index (χ2n) is 3.03. The minimum absolute atomic E-state index is 0.136. The summed E-state index contributed by atoms with van der Waals surface area (Å²) in [4.78, 5) is 25.8. The van der Waals surface area contributed by atoms with Gasteiger partial charge in [0.15, 0.2) is 0 Å². The Kier molecular flexibility index (Phi) is 3.39. The van der Waals surface area contributed by atoms with Gasteiger partial charge in [0.2, 0.25) is 11.8 Å². The molecule has 5 heteroatoms. The van der Waals surface area contributed by atoms with E-state index in [4.69, 9.17) is 5.73 Å². The maximum absolute atomic E-state index is 11.4. The van der Waals surface area contributed by atoms with Crippen molar-refractivity contribution in [2.45, 2.75) is 6.92 Å². The van der Waals surface area contributed by atoms with Crippen LogP contribution in [0.2, 0.25) is 0 Å².